The molecule has 1 heterocycles. The highest BCUT2D eigenvalue weighted by Crippen LogP contribution is 2.63. The van der Waals surface area contributed by atoms with Crippen LogP contribution < -0.4 is 15.2 Å². The molecule has 154 valence electrons. The van der Waals surface area contributed by atoms with Crippen LogP contribution in [0.15, 0.2) is 53.4 Å². The predicted molar refractivity (Wildman–Crippen MR) is 110 cm³/mol. The number of benzene rings is 2. The summed E-state index contributed by atoms with van der Waals surface area (Å²) in [4.78, 5) is 13.1. The summed E-state index contributed by atoms with van der Waals surface area (Å²) in [6, 6.07) is 14.0. The van der Waals surface area contributed by atoms with Crippen LogP contribution in [0.25, 0.3) is 0 Å². The molecule has 4 rings (SSSR count). The first kappa shape index (κ1) is 19.9. The first-order valence-electron chi connectivity index (χ1n) is 9.74. The van der Waals surface area contributed by atoms with Gasteiger partial charge in [-0.2, -0.15) is 0 Å². The van der Waals surface area contributed by atoms with E-state index in [1.54, 1.807) is 12.1 Å². The molecular weight excluding hydrogens is 388 g/mol. The number of hydrogen-bond donors (Lipinski definition) is 2. The van der Waals surface area contributed by atoms with Crippen LogP contribution in [0.4, 0.5) is 0 Å². The zero-order valence-corrected chi connectivity index (χ0v) is 17.6. The van der Waals surface area contributed by atoms with Gasteiger partial charge in [0.15, 0.2) is 0 Å². The standard InChI is InChI=1S/C22H26N2O4S/c1-14(15-7-6-8-16(11-15)29(23,26)27)24-20(25)18-12-22(18)13-21(2,3)28-19-10-5-4-9-17(19)22/h4-11,14,18H,12-13H2,1-3H3,(H,24,25)(H2,23,26,27)/t14-,18-,22+/m1/s1. The predicted octanol–water partition coefficient (Wildman–Crippen LogP) is 3.03. The Bertz CT molecular complexity index is 1080. The number of carbonyl (C=O) groups is 1. The minimum atomic E-state index is -3.79. The average Bonchev–Trinajstić information content (AvgIpc) is 3.34. The molecule has 29 heavy (non-hydrogen) atoms. The summed E-state index contributed by atoms with van der Waals surface area (Å²) in [5, 5.41) is 8.27. The van der Waals surface area contributed by atoms with Gasteiger partial charge in [-0.05, 0) is 57.4 Å². The molecule has 7 heteroatoms. The van der Waals surface area contributed by atoms with Crippen LogP contribution in [0.3, 0.4) is 0 Å². The topological polar surface area (TPSA) is 98.5 Å². The van der Waals surface area contributed by atoms with Crippen LogP contribution in [0.2, 0.25) is 0 Å². The van der Waals surface area contributed by atoms with E-state index in [0.717, 1.165) is 24.2 Å². The van der Waals surface area contributed by atoms with Gasteiger partial charge in [0.1, 0.15) is 11.4 Å². The Hall–Kier alpha value is -2.38. The maximum atomic E-state index is 13.1. The summed E-state index contributed by atoms with van der Waals surface area (Å²) in [6.45, 7) is 5.95. The largest absolute Gasteiger partial charge is 0.488 e. The van der Waals surface area contributed by atoms with Gasteiger partial charge in [0.25, 0.3) is 0 Å². The number of sulfonamides is 1. The molecule has 1 aliphatic heterocycles. The Morgan fingerprint density at radius 3 is 2.66 bits per heavy atom. The van der Waals surface area contributed by atoms with E-state index in [0.29, 0.717) is 5.56 Å². The summed E-state index contributed by atoms with van der Waals surface area (Å²) in [6.07, 6.45) is 1.57. The minimum Gasteiger partial charge on any atom is -0.488 e. The fraction of sp³-hybridized carbons (Fsp3) is 0.409. The number of carbonyl (C=O) groups excluding carboxylic acids is 1. The van der Waals surface area contributed by atoms with Gasteiger partial charge in [-0.3, -0.25) is 4.79 Å². The summed E-state index contributed by atoms with van der Waals surface area (Å²) in [5.74, 6) is 0.703. The molecule has 3 atom stereocenters. The zero-order chi connectivity index (χ0) is 21.0. The number of para-hydroxylation sites is 1. The molecule has 1 aliphatic carbocycles. The van der Waals surface area contributed by atoms with E-state index in [9.17, 15) is 13.2 Å². The summed E-state index contributed by atoms with van der Waals surface area (Å²) in [7, 11) is -3.79. The van der Waals surface area contributed by atoms with Crippen molar-refractivity contribution in [1.29, 1.82) is 0 Å². The monoisotopic (exact) mass is 414 g/mol. The number of ether oxygens (including phenoxy) is 1. The third-order valence-electron chi connectivity index (χ3n) is 5.99. The molecule has 0 unspecified atom stereocenters. The maximum absolute atomic E-state index is 13.1. The van der Waals surface area contributed by atoms with Gasteiger partial charge in [0, 0.05) is 16.9 Å². The van der Waals surface area contributed by atoms with E-state index in [2.05, 4.69) is 25.2 Å². The van der Waals surface area contributed by atoms with E-state index in [-0.39, 0.29) is 33.8 Å². The summed E-state index contributed by atoms with van der Waals surface area (Å²) < 4.78 is 29.3. The van der Waals surface area contributed by atoms with Crippen molar-refractivity contribution in [3.05, 3.63) is 59.7 Å². The molecule has 1 fully saturated rings. The Morgan fingerprint density at radius 2 is 1.93 bits per heavy atom. The molecule has 1 amide bonds. The number of hydrogen-bond acceptors (Lipinski definition) is 4. The first-order valence-corrected chi connectivity index (χ1v) is 11.3. The van der Waals surface area contributed by atoms with Crippen LogP contribution in [0.5, 0.6) is 5.75 Å². The lowest BCUT2D eigenvalue weighted by atomic mass is 9.80. The Kier molecular flexibility index (Phi) is 4.51. The average molecular weight is 415 g/mol. The van der Waals surface area contributed by atoms with E-state index < -0.39 is 10.0 Å². The fourth-order valence-electron chi connectivity index (χ4n) is 4.66. The van der Waals surface area contributed by atoms with E-state index in [1.165, 1.54) is 12.1 Å². The van der Waals surface area contributed by atoms with Crippen molar-refractivity contribution >= 4 is 15.9 Å². The van der Waals surface area contributed by atoms with Crippen LogP contribution in [0.1, 0.15) is 50.8 Å². The van der Waals surface area contributed by atoms with Crippen molar-refractivity contribution in [3.8, 4) is 5.75 Å². The third kappa shape index (κ3) is 3.65. The van der Waals surface area contributed by atoms with E-state index in [4.69, 9.17) is 9.88 Å². The van der Waals surface area contributed by atoms with Crippen molar-refractivity contribution in [1.82, 2.24) is 5.32 Å². The van der Waals surface area contributed by atoms with E-state index in [1.807, 2.05) is 25.1 Å². The van der Waals surface area contributed by atoms with Crippen molar-refractivity contribution in [3.63, 3.8) is 0 Å². The Morgan fingerprint density at radius 1 is 1.21 bits per heavy atom. The molecule has 1 saturated carbocycles. The quantitative estimate of drug-likeness (QED) is 0.803. The van der Waals surface area contributed by atoms with Gasteiger partial charge >= 0.3 is 0 Å². The second-order valence-corrected chi connectivity index (χ2v) is 10.4. The maximum Gasteiger partial charge on any atom is 0.238 e. The van der Waals surface area contributed by atoms with Gasteiger partial charge in [-0.25, -0.2) is 13.6 Å². The Labute approximate surface area is 171 Å². The van der Waals surface area contributed by atoms with Crippen LogP contribution in [-0.2, 0) is 20.2 Å². The lowest BCUT2D eigenvalue weighted by molar-refractivity contribution is -0.123. The highest BCUT2D eigenvalue weighted by Gasteiger charge is 2.63. The highest BCUT2D eigenvalue weighted by molar-refractivity contribution is 7.89. The van der Waals surface area contributed by atoms with Crippen molar-refractivity contribution in [2.75, 3.05) is 0 Å². The van der Waals surface area contributed by atoms with Crippen LogP contribution in [0, 0.1) is 5.92 Å². The second kappa shape index (κ2) is 6.57. The second-order valence-electron chi connectivity index (χ2n) is 8.80. The molecule has 2 aliphatic rings. The first-order chi connectivity index (χ1) is 13.5. The molecular formula is C22H26N2O4S. The molecule has 2 aromatic carbocycles. The highest BCUT2D eigenvalue weighted by atomic mass is 32.2. The van der Waals surface area contributed by atoms with Gasteiger partial charge < -0.3 is 10.1 Å². The lowest BCUT2D eigenvalue weighted by Gasteiger charge is -2.38. The number of nitrogens with one attached hydrogen (secondary N) is 1. The zero-order valence-electron chi connectivity index (χ0n) is 16.8. The normalized spacial score (nSPS) is 25.6. The number of fused-ring (bicyclic) bond motifs is 2. The smallest absolute Gasteiger partial charge is 0.238 e. The Balaban J connectivity index is 1.54. The van der Waals surface area contributed by atoms with Crippen LogP contribution >= 0.6 is 0 Å². The molecule has 0 radical (unpaired) electrons. The molecule has 0 saturated heterocycles. The van der Waals surface area contributed by atoms with Gasteiger partial charge in [0.2, 0.25) is 15.9 Å². The van der Waals surface area contributed by atoms with Crippen molar-refractivity contribution < 1.29 is 17.9 Å². The van der Waals surface area contributed by atoms with Gasteiger partial charge in [-0.1, -0.05) is 30.3 Å². The van der Waals surface area contributed by atoms with E-state index >= 15 is 0 Å². The fourth-order valence-corrected chi connectivity index (χ4v) is 5.22. The van der Waals surface area contributed by atoms with Crippen molar-refractivity contribution in [2.45, 2.75) is 55.6 Å². The van der Waals surface area contributed by atoms with Gasteiger partial charge in [0.05, 0.1) is 10.9 Å². The molecule has 2 aromatic rings. The number of primary sulfonamides is 1. The molecule has 1 spiro atoms. The third-order valence-corrected chi connectivity index (χ3v) is 6.90. The number of nitrogens with two attached hydrogens (primary N) is 1. The molecule has 0 bridgehead atoms. The molecule has 6 nitrogen and oxygen atoms in total. The van der Waals surface area contributed by atoms with Gasteiger partial charge in [-0.15, -0.1) is 0 Å². The number of rotatable bonds is 4. The molecule has 3 N–H and O–H groups in total. The van der Waals surface area contributed by atoms with Crippen molar-refractivity contribution in [2.24, 2.45) is 11.1 Å². The molecule has 0 aromatic heterocycles. The SMILES string of the molecule is C[C@@H](NC(=O)[C@H]1C[C@@]12CC(C)(C)Oc1ccccc12)c1cccc(S(N)(=O)=O)c1. The van der Waals surface area contributed by atoms with Crippen LogP contribution in [-0.4, -0.2) is 19.9 Å². The summed E-state index contributed by atoms with van der Waals surface area (Å²) in [5.41, 5.74) is 1.26. The number of amides is 1. The summed E-state index contributed by atoms with van der Waals surface area (Å²) >= 11 is 0. The minimum absolute atomic E-state index is 0.0222. The lowest BCUT2D eigenvalue weighted by Crippen LogP contribution is -2.40.